The van der Waals surface area contributed by atoms with Crippen molar-refractivity contribution in [2.75, 3.05) is 7.05 Å². The molecule has 1 N–H and O–H groups in total. The topological polar surface area (TPSA) is 40.5 Å². The summed E-state index contributed by atoms with van der Waals surface area (Å²) in [5, 5.41) is 11.6. The van der Waals surface area contributed by atoms with Crippen LogP contribution in [-0.2, 0) is 4.79 Å². The van der Waals surface area contributed by atoms with Gasteiger partial charge in [-0.3, -0.25) is 4.79 Å². The van der Waals surface area contributed by atoms with Crippen molar-refractivity contribution in [3.8, 4) is 0 Å². The van der Waals surface area contributed by atoms with Crippen molar-refractivity contribution >= 4 is 5.91 Å². The van der Waals surface area contributed by atoms with E-state index in [1.165, 1.54) is 32.1 Å². The minimum atomic E-state index is -0.935. The minimum Gasteiger partial charge on any atom is -0.370 e. The van der Waals surface area contributed by atoms with Gasteiger partial charge in [0.2, 0.25) is 5.91 Å². The number of likely N-dealkylation sites (tertiary alicyclic amines) is 1. The summed E-state index contributed by atoms with van der Waals surface area (Å²) in [6.07, 6.45) is 8.95. The zero-order chi connectivity index (χ0) is 16.6. The predicted molar refractivity (Wildman–Crippen MR) is 90.5 cm³/mol. The zero-order valence-corrected chi connectivity index (χ0v) is 15.3. The van der Waals surface area contributed by atoms with Gasteiger partial charge in [0.15, 0.2) is 0 Å². The van der Waals surface area contributed by atoms with E-state index >= 15 is 0 Å². The molecule has 0 aromatic heterocycles. The van der Waals surface area contributed by atoms with Gasteiger partial charge in [-0.2, -0.15) is 0 Å². The van der Waals surface area contributed by atoms with Gasteiger partial charge < -0.3 is 10.0 Å². The second-order valence-corrected chi connectivity index (χ2v) is 9.74. The summed E-state index contributed by atoms with van der Waals surface area (Å²) in [5.41, 5.74) is -0.524. The number of hydrogen-bond acceptors (Lipinski definition) is 2. The highest BCUT2D eigenvalue weighted by Gasteiger charge is 2.66. The molecule has 3 saturated carbocycles. The number of hydrogen-bond donors (Lipinski definition) is 1. The summed E-state index contributed by atoms with van der Waals surface area (Å²) in [7, 11) is 1.83. The van der Waals surface area contributed by atoms with E-state index in [0.29, 0.717) is 23.7 Å². The zero-order valence-electron chi connectivity index (χ0n) is 15.3. The SMILES string of the molecule is CC1CC2(O)N(C)C(=O)CC[C@]2(C)[C@@H]2CC[C@]3(C)CCC[C@H]3[C@H]12. The fourth-order valence-electron chi connectivity index (χ4n) is 7.48. The van der Waals surface area contributed by atoms with E-state index in [1.807, 2.05) is 7.05 Å². The maximum atomic E-state index is 12.3. The Morgan fingerprint density at radius 3 is 2.61 bits per heavy atom. The highest BCUT2D eigenvalue weighted by atomic mass is 16.3. The summed E-state index contributed by atoms with van der Waals surface area (Å²) in [4.78, 5) is 14.0. The molecule has 1 saturated heterocycles. The number of piperidine rings is 1. The molecule has 0 bridgehead atoms. The van der Waals surface area contributed by atoms with Crippen LogP contribution >= 0.6 is 0 Å². The van der Waals surface area contributed by atoms with Gasteiger partial charge in [0.05, 0.1) is 0 Å². The van der Waals surface area contributed by atoms with Crippen molar-refractivity contribution in [2.24, 2.45) is 34.5 Å². The summed E-state index contributed by atoms with van der Waals surface area (Å²) in [6.45, 7) is 7.15. The van der Waals surface area contributed by atoms with E-state index in [-0.39, 0.29) is 11.3 Å². The molecule has 7 atom stereocenters. The van der Waals surface area contributed by atoms with E-state index < -0.39 is 5.72 Å². The lowest BCUT2D eigenvalue weighted by Crippen LogP contribution is -2.70. The molecule has 0 spiro atoms. The van der Waals surface area contributed by atoms with Crippen molar-refractivity contribution in [3.05, 3.63) is 0 Å². The van der Waals surface area contributed by atoms with Crippen LogP contribution in [0.1, 0.15) is 72.1 Å². The normalized spacial score (nSPS) is 56.0. The lowest BCUT2D eigenvalue weighted by atomic mass is 9.44. The number of nitrogens with zero attached hydrogens (tertiary/aromatic N) is 1. The van der Waals surface area contributed by atoms with E-state index in [1.54, 1.807) is 4.90 Å². The molecule has 1 aliphatic heterocycles. The fraction of sp³-hybridized carbons (Fsp3) is 0.950. The largest absolute Gasteiger partial charge is 0.370 e. The van der Waals surface area contributed by atoms with Gasteiger partial charge in [0.1, 0.15) is 5.72 Å². The van der Waals surface area contributed by atoms with Crippen LogP contribution in [0.15, 0.2) is 0 Å². The first-order valence-corrected chi connectivity index (χ1v) is 9.72. The molecule has 4 aliphatic rings. The highest BCUT2D eigenvalue weighted by molar-refractivity contribution is 5.78. The van der Waals surface area contributed by atoms with Gasteiger partial charge in [0.25, 0.3) is 0 Å². The van der Waals surface area contributed by atoms with E-state index in [4.69, 9.17) is 0 Å². The molecule has 0 aromatic rings. The third-order valence-corrected chi connectivity index (χ3v) is 8.90. The van der Waals surface area contributed by atoms with Crippen molar-refractivity contribution in [3.63, 3.8) is 0 Å². The van der Waals surface area contributed by atoms with Crippen LogP contribution in [-0.4, -0.2) is 28.7 Å². The molecule has 23 heavy (non-hydrogen) atoms. The Morgan fingerprint density at radius 1 is 1.13 bits per heavy atom. The Balaban J connectivity index is 1.76. The van der Waals surface area contributed by atoms with Crippen molar-refractivity contribution in [1.29, 1.82) is 0 Å². The maximum absolute atomic E-state index is 12.3. The van der Waals surface area contributed by atoms with Gasteiger partial charge >= 0.3 is 0 Å². The first kappa shape index (κ1) is 15.9. The Labute approximate surface area is 140 Å². The number of carbonyl (C=O) groups excluding carboxylic acids is 1. The minimum absolute atomic E-state index is 0.122. The second kappa shape index (κ2) is 4.74. The number of aliphatic hydroxyl groups is 1. The van der Waals surface area contributed by atoms with Crippen LogP contribution in [0.2, 0.25) is 0 Å². The van der Waals surface area contributed by atoms with Gasteiger partial charge in [-0.1, -0.05) is 27.2 Å². The molecule has 3 nitrogen and oxygen atoms in total. The molecule has 2 unspecified atom stereocenters. The van der Waals surface area contributed by atoms with Crippen molar-refractivity contribution in [1.82, 2.24) is 4.90 Å². The first-order valence-electron chi connectivity index (χ1n) is 9.72. The van der Waals surface area contributed by atoms with E-state index in [0.717, 1.165) is 24.7 Å². The monoisotopic (exact) mass is 319 g/mol. The van der Waals surface area contributed by atoms with Crippen LogP contribution in [0.5, 0.6) is 0 Å². The highest BCUT2D eigenvalue weighted by Crippen LogP contribution is 2.67. The van der Waals surface area contributed by atoms with Gasteiger partial charge in [-0.15, -0.1) is 0 Å². The Kier molecular flexibility index (Phi) is 3.28. The molecule has 0 aromatic carbocycles. The predicted octanol–water partition coefficient (Wildman–Crippen LogP) is 3.81. The Hall–Kier alpha value is -0.570. The quantitative estimate of drug-likeness (QED) is 0.737. The number of rotatable bonds is 0. The van der Waals surface area contributed by atoms with Crippen LogP contribution in [0, 0.1) is 34.5 Å². The first-order chi connectivity index (χ1) is 10.7. The van der Waals surface area contributed by atoms with Crippen LogP contribution in [0.3, 0.4) is 0 Å². The van der Waals surface area contributed by atoms with Crippen molar-refractivity contribution in [2.45, 2.75) is 77.9 Å². The molecule has 3 heteroatoms. The molecule has 0 radical (unpaired) electrons. The summed E-state index contributed by atoms with van der Waals surface area (Å²) in [5.74, 6) is 2.78. The molecule has 3 aliphatic carbocycles. The standard InChI is InChI=1S/C20H33NO2/c1-13-12-20(23)19(3,11-8-16(22)21(20)4)15-7-10-18(2)9-5-6-14(18)17(13)15/h13-15,17,23H,5-12H2,1-4H3/t13?,14-,15+,17-,18-,19+,20?/m0/s1. The van der Waals surface area contributed by atoms with E-state index in [2.05, 4.69) is 20.8 Å². The second-order valence-electron chi connectivity index (χ2n) is 9.74. The third-order valence-electron chi connectivity index (χ3n) is 8.90. The summed E-state index contributed by atoms with van der Waals surface area (Å²) in [6, 6.07) is 0. The lowest BCUT2D eigenvalue weighted by molar-refractivity contribution is -0.272. The molecule has 1 heterocycles. The number of amides is 1. The van der Waals surface area contributed by atoms with E-state index in [9.17, 15) is 9.90 Å². The Morgan fingerprint density at radius 2 is 1.87 bits per heavy atom. The molecule has 4 rings (SSSR count). The summed E-state index contributed by atoms with van der Waals surface area (Å²) < 4.78 is 0. The Bertz CT molecular complexity index is 534. The number of fused-ring (bicyclic) bond motifs is 5. The molecular formula is C20H33NO2. The van der Waals surface area contributed by atoms with Crippen molar-refractivity contribution < 1.29 is 9.90 Å². The number of carbonyl (C=O) groups is 1. The van der Waals surface area contributed by atoms with Gasteiger partial charge in [-0.05, 0) is 67.6 Å². The average Bonchev–Trinajstić information content (AvgIpc) is 2.89. The van der Waals surface area contributed by atoms with Gasteiger partial charge in [-0.25, -0.2) is 0 Å². The third kappa shape index (κ3) is 1.83. The smallest absolute Gasteiger partial charge is 0.224 e. The van der Waals surface area contributed by atoms with Crippen LogP contribution < -0.4 is 0 Å². The average molecular weight is 319 g/mol. The summed E-state index contributed by atoms with van der Waals surface area (Å²) >= 11 is 0. The van der Waals surface area contributed by atoms with Gasteiger partial charge in [0, 0.05) is 18.9 Å². The van der Waals surface area contributed by atoms with Crippen LogP contribution in [0.25, 0.3) is 0 Å². The van der Waals surface area contributed by atoms with Crippen LogP contribution in [0.4, 0.5) is 0 Å². The molecule has 1 amide bonds. The molecule has 4 fully saturated rings. The molecular weight excluding hydrogens is 286 g/mol. The fourth-order valence-corrected chi connectivity index (χ4v) is 7.48. The molecule has 130 valence electrons. The lowest BCUT2D eigenvalue weighted by Gasteiger charge is -2.66. The maximum Gasteiger partial charge on any atom is 0.224 e.